The molecule has 0 unspecified atom stereocenters. The van der Waals surface area contributed by atoms with Crippen LogP contribution in [0, 0.1) is 6.92 Å². The van der Waals surface area contributed by atoms with E-state index in [9.17, 15) is 0 Å². The van der Waals surface area contributed by atoms with Crippen molar-refractivity contribution in [1.29, 1.82) is 0 Å². The van der Waals surface area contributed by atoms with Crippen molar-refractivity contribution >= 4 is 17.5 Å². The van der Waals surface area contributed by atoms with Gasteiger partial charge in [0.15, 0.2) is 0 Å². The van der Waals surface area contributed by atoms with E-state index in [0.29, 0.717) is 5.95 Å². The van der Waals surface area contributed by atoms with Crippen molar-refractivity contribution in [2.45, 2.75) is 33.6 Å². The van der Waals surface area contributed by atoms with Gasteiger partial charge in [0.05, 0.1) is 0 Å². The zero-order valence-electron chi connectivity index (χ0n) is 12.4. The molecule has 106 valence electrons. The van der Waals surface area contributed by atoms with Crippen LogP contribution in [0.3, 0.4) is 0 Å². The second-order valence-electron chi connectivity index (χ2n) is 4.79. The summed E-state index contributed by atoms with van der Waals surface area (Å²) >= 11 is 0. The minimum atomic E-state index is 0.661. The molecule has 1 aromatic heterocycles. The van der Waals surface area contributed by atoms with Crippen LogP contribution >= 0.6 is 0 Å². The Hall–Kier alpha value is -2.10. The van der Waals surface area contributed by atoms with Gasteiger partial charge in [0.25, 0.3) is 0 Å². The van der Waals surface area contributed by atoms with Crippen LogP contribution < -0.4 is 10.6 Å². The molecule has 0 aliphatic carbocycles. The van der Waals surface area contributed by atoms with Gasteiger partial charge in [-0.15, -0.1) is 0 Å². The summed E-state index contributed by atoms with van der Waals surface area (Å²) in [5.41, 5.74) is 3.48. The zero-order valence-corrected chi connectivity index (χ0v) is 12.4. The first kappa shape index (κ1) is 14.3. The van der Waals surface area contributed by atoms with Gasteiger partial charge < -0.3 is 10.6 Å². The summed E-state index contributed by atoms with van der Waals surface area (Å²) in [4.78, 5) is 8.79. The summed E-state index contributed by atoms with van der Waals surface area (Å²) in [6.45, 7) is 7.05. The number of nitrogens with zero attached hydrogens (tertiary/aromatic N) is 2. The van der Waals surface area contributed by atoms with Crippen molar-refractivity contribution in [3.05, 3.63) is 41.6 Å². The van der Waals surface area contributed by atoms with Gasteiger partial charge in [-0.1, -0.05) is 31.5 Å². The van der Waals surface area contributed by atoms with E-state index < -0.39 is 0 Å². The van der Waals surface area contributed by atoms with Crippen molar-refractivity contribution in [3.8, 4) is 0 Å². The topological polar surface area (TPSA) is 49.8 Å². The van der Waals surface area contributed by atoms with Gasteiger partial charge in [-0.3, -0.25) is 0 Å². The predicted octanol–water partition coefficient (Wildman–Crippen LogP) is 3.91. The number of nitrogens with one attached hydrogen (secondary N) is 2. The summed E-state index contributed by atoms with van der Waals surface area (Å²) in [6, 6.07) is 8.38. The second-order valence-corrected chi connectivity index (χ2v) is 4.79. The SMILES string of the molecule is CCCc1ccccc1Nc1nc(NCC)ncc1C. The van der Waals surface area contributed by atoms with Crippen LogP contribution in [0.25, 0.3) is 0 Å². The molecular weight excluding hydrogens is 248 g/mol. The van der Waals surface area contributed by atoms with Crippen LogP contribution in [0.1, 0.15) is 31.4 Å². The maximum Gasteiger partial charge on any atom is 0.224 e. The molecule has 0 atom stereocenters. The number of aryl methyl sites for hydroxylation is 2. The lowest BCUT2D eigenvalue weighted by Gasteiger charge is -2.13. The van der Waals surface area contributed by atoms with E-state index in [1.54, 1.807) is 0 Å². The van der Waals surface area contributed by atoms with Crippen molar-refractivity contribution in [3.63, 3.8) is 0 Å². The first-order chi connectivity index (χ1) is 9.74. The number of aromatic nitrogens is 2. The fourth-order valence-corrected chi connectivity index (χ4v) is 2.07. The molecule has 0 aliphatic heterocycles. The molecule has 20 heavy (non-hydrogen) atoms. The lowest BCUT2D eigenvalue weighted by molar-refractivity contribution is 0.923. The van der Waals surface area contributed by atoms with E-state index >= 15 is 0 Å². The number of rotatable bonds is 6. The first-order valence-electron chi connectivity index (χ1n) is 7.17. The fourth-order valence-electron chi connectivity index (χ4n) is 2.07. The second kappa shape index (κ2) is 6.89. The van der Waals surface area contributed by atoms with E-state index in [-0.39, 0.29) is 0 Å². The van der Waals surface area contributed by atoms with Gasteiger partial charge in [-0.05, 0) is 31.9 Å². The Morgan fingerprint density at radius 3 is 2.70 bits per heavy atom. The highest BCUT2D eigenvalue weighted by molar-refractivity contribution is 5.63. The molecule has 0 spiro atoms. The molecule has 2 N–H and O–H groups in total. The monoisotopic (exact) mass is 270 g/mol. The van der Waals surface area contributed by atoms with Gasteiger partial charge in [-0.2, -0.15) is 4.98 Å². The Balaban J connectivity index is 2.27. The van der Waals surface area contributed by atoms with Gasteiger partial charge >= 0.3 is 0 Å². The largest absolute Gasteiger partial charge is 0.354 e. The molecule has 0 aliphatic rings. The molecule has 2 aromatic rings. The average Bonchev–Trinajstić information content (AvgIpc) is 2.45. The highest BCUT2D eigenvalue weighted by Gasteiger charge is 2.06. The first-order valence-corrected chi connectivity index (χ1v) is 7.17. The number of benzene rings is 1. The van der Waals surface area contributed by atoms with E-state index in [0.717, 1.165) is 36.5 Å². The minimum Gasteiger partial charge on any atom is -0.354 e. The normalized spacial score (nSPS) is 10.3. The molecule has 0 radical (unpaired) electrons. The highest BCUT2D eigenvalue weighted by Crippen LogP contribution is 2.23. The lowest BCUT2D eigenvalue weighted by Crippen LogP contribution is -2.06. The lowest BCUT2D eigenvalue weighted by atomic mass is 10.1. The van der Waals surface area contributed by atoms with Crippen molar-refractivity contribution in [2.24, 2.45) is 0 Å². The third-order valence-corrected chi connectivity index (χ3v) is 3.10. The van der Waals surface area contributed by atoms with Crippen LogP contribution in [0.15, 0.2) is 30.5 Å². The van der Waals surface area contributed by atoms with Gasteiger partial charge in [0.1, 0.15) is 5.82 Å². The summed E-state index contributed by atoms with van der Waals surface area (Å²) < 4.78 is 0. The van der Waals surface area contributed by atoms with Gasteiger partial charge in [0, 0.05) is 24.0 Å². The van der Waals surface area contributed by atoms with Crippen LogP contribution in [0.2, 0.25) is 0 Å². The Bertz CT molecular complexity index is 566. The molecule has 0 fully saturated rings. The number of para-hydroxylation sites is 1. The van der Waals surface area contributed by atoms with Crippen molar-refractivity contribution in [2.75, 3.05) is 17.2 Å². The molecule has 0 bridgehead atoms. The number of hydrogen-bond donors (Lipinski definition) is 2. The predicted molar refractivity (Wildman–Crippen MR) is 84.7 cm³/mol. The molecule has 0 amide bonds. The fraction of sp³-hybridized carbons (Fsp3) is 0.375. The quantitative estimate of drug-likeness (QED) is 0.835. The summed E-state index contributed by atoms with van der Waals surface area (Å²) in [5, 5.41) is 6.57. The van der Waals surface area contributed by atoms with E-state index in [1.165, 1.54) is 5.56 Å². The van der Waals surface area contributed by atoms with E-state index in [1.807, 2.05) is 26.1 Å². The summed E-state index contributed by atoms with van der Waals surface area (Å²) in [7, 11) is 0. The smallest absolute Gasteiger partial charge is 0.224 e. The molecule has 1 aromatic carbocycles. The summed E-state index contributed by atoms with van der Waals surface area (Å²) in [5.74, 6) is 1.52. The molecule has 4 heteroatoms. The molecule has 4 nitrogen and oxygen atoms in total. The summed E-state index contributed by atoms with van der Waals surface area (Å²) in [6.07, 6.45) is 4.03. The van der Waals surface area contributed by atoms with Crippen molar-refractivity contribution < 1.29 is 0 Å². The molecule has 1 heterocycles. The van der Waals surface area contributed by atoms with Crippen LogP contribution in [-0.2, 0) is 6.42 Å². The highest BCUT2D eigenvalue weighted by atomic mass is 15.1. The Morgan fingerprint density at radius 2 is 1.95 bits per heavy atom. The van der Waals surface area contributed by atoms with Crippen LogP contribution in [-0.4, -0.2) is 16.5 Å². The minimum absolute atomic E-state index is 0.661. The Labute approximate surface area is 120 Å². The maximum absolute atomic E-state index is 4.53. The van der Waals surface area contributed by atoms with Gasteiger partial charge in [-0.25, -0.2) is 4.98 Å². The Morgan fingerprint density at radius 1 is 1.15 bits per heavy atom. The molecule has 0 saturated carbocycles. The average molecular weight is 270 g/mol. The number of hydrogen-bond acceptors (Lipinski definition) is 4. The maximum atomic E-state index is 4.53. The zero-order chi connectivity index (χ0) is 14.4. The standard InChI is InChI=1S/C16H22N4/c1-4-8-13-9-6-7-10-14(13)19-15-12(3)11-18-16(20-15)17-5-2/h6-7,9-11H,4-5,8H2,1-3H3,(H2,17,18,19,20). The third kappa shape index (κ3) is 3.47. The Kier molecular flexibility index (Phi) is 4.93. The number of anilines is 3. The van der Waals surface area contributed by atoms with E-state index in [4.69, 9.17) is 0 Å². The van der Waals surface area contributed by atoms with E-state index in [2.05, 4.69) is 45.7 Å². The van der Waals surface area contributed by atoms with Crippen LogP contribution in [0.4, 0.5) is 17.5 Å². The third-order valence-electron chi connectivity index (χ3n) is 3.10. The van der Waals surface area contributed by atoms with Gasteiger partial charge in [0.2, 0.25) is 5.95 Å². The van der Waals surface area contributed by atoms with Crippen molar-refractivity contribution in [1.82, 2.24) is 9.97 Å². The molecule has 0 saturated heterocycles. The van der Waals surface area contributed by atoms with Crippen LogP contribution in [0.5, 0.6) is 0 Å². The molecule has 2 rings (SSSR count). The molecular formula is C16H22N4.